The van der Waals surface area contributed by atoms with Gasteiger partial charge in [-0.2, -0.15) is 0 Å². The summed E-state index contributed by atoms with van der Waals surface area (Å²) in [6.07, 6.45) is 0.492. The summed E-state index contributed by atoms with van der Waals surface area (Å²) in [4.78, 5) is 2.82. The van der Waals surface area contributed by atoms with E-state index in [0.717, 1.165) is 11.8 Å². The molecule has 0 saturated carbocycles. The first-order valence-corrected chi connectivity index (χ1v) is 5.01. The Hall–Kier alpha value is -1.36. The van der Waals surface area contributed by atoms with E-state index in [1.54, 1.807) is 6.92 Å². The van der Waals surface area contributed by atoms with Crippen LogP contribution in [0.15, 0.2) is 6.07 Å². The predicted octanol–water partition coefficient (Wildman–Crippen LogP) is 1.05. The Kier molecular flexibility index (Phi) is 2.72. The minimum Gasteiger partial charge on any atom is -0.356 e. The molecule has 82 valence electrons. The van der Waals surface area contributed by atoms with Crippen molar-refractivity contribution in [2.24, 2.45) is 5.73 Å². The molecule has 0 aliphatic carbocycles. The zero-order chi connectivity index (χ0) is 11.9. The number of nitrogens with one attached hydrogen (secondary N) is 1. The van der Waals surface area contributed by atoms with Gasteiger partial charge in [0, 0.05) is 11.1 Å². The molecule has 2 rings (SSSR count). The van der Waals surface area contributed by atoms with Crippen molar-refractivity contribution >= 4 is 24.2 Å². The highest BCUT2D eigenvalue weighted by Crippen LogP contribution is 2.26. The van der Waals surface area contributed by atoms with Crippen molar-refractivity contribution in [1.82, 2.24) is 4.98 Å². The Morgan fingerprint density at radius 1 is 1.44 bits per heavy atom. The summed E-state index contributed by atoms with van der Waals surface area (Å²) in [5.41, 5.74) is 6.85. The van der Waals surface area contributed by atoms with Crippen LogP contribution in [0.3, 0.4) is 0 Å². The molecule has 0 saturated heterocycles. The summed E-state index contributed by atoms with van der Waals surface area (Å²) in [5, 5.41) is 0.223. The lowest BCUT2D eigenvalue weighted by Crippen LogP contribution is -2.11. The highest BCUT2D eigenvalue weighted by molar-refractivity contribution is 6.33. The van der Waals surface area contributed by atoms with Crippen molar-refractivity contribution in [2.45, 2.75) is 13.3 Å². The van der Waals surface area contributed by atoms with Gasteiger partial charge in [-0.25, -0.2) is 8.78 Å². The van der Waals surface area contributed by atoms with Gasteiger partial charge in [0.25, 0.3) is 0 Å². The van der Waals surface area contributed by atoms with E-state index in [4.69, 9.17) is 13.6 Å². The zero-order valence-electron chi connectivity index (χ0n) is 8.90. The number of hydrogen-bond donors (Lipinski definition) is 2. The average Bonchev–Trinajstić information content (AvgIpc) is 2.55. The first kappa shape index (κ1) is 11.1. The van der Waals surface area contributed by atoms with Crippen molar-refractivity contribution in [3.8, 4) is 0 Å². The molecule has 1 heterocycles. The molecule has 0 spiro atoms. The van der Waals surface area contributed by atoms with Crippen molar-refractivity contribution in [1.29, 1.82) is 0 Å². The molecule has 0 bridgehead atoms. The summed E-state index contributed by atoms with van der Waals surface area (Å²) in [7, 11) is 5.40. The Labute approximate surface area is 93.2 Å². The summed E-state index contributed by atoms with van der Waals surface area (Å²) in [6, 6.07) is 0.986. The third-order valence-electron chi connectivity index (χ3n) is 2.71. The Morgan fingerprint density at radius 2 is 2.12 bits per heavy atom. The fourth-order valence-corrected chi connectivity index (χ4v) is 1.96. The second-order valence-electron chi connectivity index (χ2n) is 3.78. The maximum absolute atomic E-state index is 13.8. The summed E-state index contributed by atoms with van der Waals surface area (Å²) < 4.78 is 27.4. The van der Waals surface area contributed by atoms with Crippen LogP contribution in [-0.4, -0.2) is 19.4 Å². The zero-order valence-corrected chi connectivity index (χ0v) is 8.90. The number of hydrogen-bond acceptors (Lipinski definition) is 1. The minimum atomic E-state index is -0.579. The minimum absolute atomic E-state index is 0.160. The lowest BCUT2D eigenvalue weighted by Gasteiger charge is -2.03. The molecular weight excluding hydrogens is 209 g/mol. The van der Waals surface area contributed by atoms with Gasteiger partial charge in [-0.3, -0.25) is 0 Å². The first-order chi connectivity index (χ1) is 7.56. The highest BCUT2D eigenvalue weighted by Gasteiger charge is 2.16. The quantitative estimate of drug-likeness (QED) is 0.729. The van der Waals surface area contributed by atoms with E-state index in [-0.39, 0.29) is 16.4 Å². The van der Waals surface area contributed by atoms with Crippen LogP contribution in [0.2, 0.25) is 0 Å². The van der Waals surface area contributed by atoms with Crippen LogP contribution in [0.1, 0.15) is 11.3 Å². The lowest BCUT2D eigenvalue weighted by atomic mass is 9.92. The van der Waals surface area contributed by atoms with E-state index < -0.39 is 11.6 Å². The van der Waals surface area contributed by atoms with Crippen LogP contribution in [-0.2, 0) is 6.42 Å². The number of aromatic nitrogens is 1. The van der Waals surface area contributed by atoms with E-state index in [1.165, 1.54) is 0 Å². The smallest absolute Gasteiger partial charge is 0.146 e. The molecule has 16 heavy (non-hydrogen) atoms. The van der Waals surface area contributed by atoms with Gasteiger partial charge < -0.3 is 10.7 Å². The fourth-order valence-electron chi connectivity index (χ4n) is 1.96. The predicted molar refractivity (Wildman–Crippen MR) is 61.1 cm³/mol. The number of fused-ring (bicyclic) bond motifs is 1. The fraction of sp³-hybridized carbons (Fsp3) is 0.273. The number of H-pyrrole nitrogens is 1. The average molecular weight is 220 g/mol. The van der Waals surface area contributed by atoms with Crippen LogP contribution in [0.25, 0.3) is 10.9 Å². The number of aryl methyl sites for hydroxylation is 1. The molecular formula is C11H11BF2N2. The number of rotatable bonds is 2. The Morgan fingerprint density at radius 3 is 2.75 bits per heavy atom. The molecule has 5 heteroatoms. The van der Waals surface area contributed by atoms with E-state index in [2.05, 4.69) is 4.98 Å². The third kappa shape index (κ3) is 1.51. The van der Waals surface area contributed by atoms with Crippen LogP contribution in [0.5, 0.6) is 0 Å². The molecule has 2 radical (unpaired) electrons. The van der Waals surface area contributed by atoms with Gasteiger partial charge in [-0.05, 0) is 31.5 Å². The summed E-state index contributed by atoms with van der Waals surface area (Å²) >= 11 is 0. The summed E-state index contributed by atoms with van der Waals surface area (Å²) in [5.74, 6) is -1.12. The maximum atomic E-state index is 13.8. The van der Waals surface area contributed by atoms with E-state index in [1.807, 2.05) is 0 Å². The van der Waals surface area contributed by atoms with Gasteiger partial charge in [0.2, 0.25) is 0 Å². The molecule has 0 aliphatic rings. The molecule has 0 atom stereocenters. The molecule has 0 aliphatic heterocycles. The van der Waals surface area contributed by atoms with Gasteiger partial charge in [-0.1, -0.05) is 5.46 Å². The van der Waals surface area contributed by atoms with E-state index in [9.17, 15) is 8.78 Å². The second-order valence-corrected chi connectivity index (χ2v) is 3.78. The van der Waals surface area contributed by atoms with Crippen LogP contribution < -0.4 is 11.2 Å². The SMILES string of the molecule is [B]c1cc(F)c2[nH]c(C)c(CCN)c2c1F. The molecule has 0 unspecified atom stereocenters. The second kappa shape index (κ2) is 3.90. The topological polar surface area (TPSA) is 41.8 Å². The van der Waals surface area contributed by atoms with Crippen LogP contribution >= 0.6 is 0 Å². The van der Waals surface area contributed by atoms with E-state index >= 15 is 0 Å². The van der Waals surface area contributed by atoms with Crippen molar-refractivity contribution in [3.63, 3.8) is 0 Å². The highest BCUT2D eigenvalue weighted by atomic mass is 19.1. The largest absolute Gasteiger partial charge is 0.356 e. The molecule has 2 aromatic rings. The number of aromatic amines is 1. The van der Waals surface area contributed by atoms with Gasteiger partial charge in [0.05, 0.1) is 5.52 Å². The molecule has 2 nitrogen and oxygen atoms in total. The maximum Gasteiger partial charge on any atom is 0.146 e. The molecule has 1 aromatic carbocycles. The number of halogens is 2. The monoisotopic (exact) mass is 220 g/mol. The normalized spacial score (nSPS) is 11.2. The third-order valence-corrected chi connectivity index (χ3v) is 2.71. The molecule has 0 fully saturated rings. The van der Waals surface area contributed by atoms with Crippen LogP contribution in [0, 0.1) is 18.6 Å². The van der Waals surface area contributed by atoms with Gasteiger partial charge >= 0.3 is 0 Å². The molecule has 0 amide bonds. The van der Waals surface area contributed by atoms with Crippen molar-refractivity contribution < 1.29 is 8.78 Å². The molecule has 3 N–H and O–H groups in total. The summed E-state index contributed by atoms with van der Waals surface area (Å²) in [6.45, 7) is 2.14. The molecule has 1 aromatic heterocycles. The van der Waals surface area contributed by atoms with Gasteiger partial charge in [0.1, 0.15) is 19.5 Å². The first-order valence-electron chi connectivity index (χ1n) is 5.01. The number of benzene rings is 1. The standard InChI is InChI=1S/C11H11BF2N2/c1-5-6(2-3-15)9-10(14)7(12)4-8(13)11(9)16-5/h4,16H,2-3,15H2,1H3. The Balaban J connectivity index is 2.85. The van der Waals surface area contributed by atoms with Crippen molar-refractivity contribution in [3.05, 3.63) is 29.0 Å². The van der Waals surface area contributed by atoms with Gasteiger partial charge in [0.15, 0.2) is 0 Å². The lowest BCUT2D eigenvalue weighted by molar-refractivity contribution is 0.622. The van der Waals surface area contributed by atoms with Crippen LogP contribution in [0.4, 0.5) is 8.78 Å². The number of nitrogens with two attached hydrogens (primary N) is 1. The van der Waals surface area contributed by atoms with Crippen molar-refractivity contribution in [2.75, 3.05) is 6.54 Å². The van der Waals surface area contributed by atoms with E-state index in [0.29, 0.717) is 18.5 Å². The Bertz CT molecular complexity index is 549. The van der Waals surface area contributed by atoms with Gasteiger partial charge in [-0.15, -0.1) is 0 Å².